The molecule has 0 N–H and O–H groups in total. The van der Waals surface area contributed by atoms with Crippen LogP contribution >= 0.6 is 0 Å². The maximum Gasteiger partial charge on any atom is 0.416 e. The van der Waals surface area contributed by atoms with E-state index in [1.165, 1.54) is 6.07 Å². The number of hydrogen-bond donors (Lipinski definition) is 0. The lowest BCUT2D eigenvalue weighted by Crippen LogP contribution is -2.07. The Bertz CT molecular complexity index is 1120. The highest BCUT2D eigenvalue weighted by Crippen LogP contribution is 2.32. The van der Waals surface area contributed by atoms with E-state index in [-0.39, 0.29) is 22.0 Å². The molecule has 4 aromatic rings. The van der Waals surface area contributed by atoms with Crippen LogP contribution in [-0.2, 0) is 6.18 Å². The summed E-state index contributed by atoms with van der Waals surface area (Å²) in [7, 11) is 0. The van der Waals surface area contributed by atoms with Gasteiger partial charge in [0.05, 0.1) is 16.3 Å². The van der Waals surface area contributed by atoms with Crippen molar-refractivity contribution >= 4 is 32.7 Å². The SMILES string of the molecule is O=c1c2ccc(C(F)(F)F)cc2oc2ccc3ccccc3c12. The van der Waals surface area contributed by atoms with Gasteiger partial charge in [0.15, 0.2) is 0 Å². The van der Waals surface area contributed by atoms with E-state index in [0.29, 0.717) is 5.39 Å². The van der Waals surface area contributed by atoms with Crippen molar-refractivity contribution < 1.29 is 17.6 Å². The van der Waals surface area contributed by atoms with Crippen LogP contribution in [0, 0.1) is 0 Å². The van der Waals surface area contributed by atoms with Gasteiger partial charge in [-0.3, -0.25) is 4.79 Å². The van der Waals surface area contributed by atoms with E-state index >= 15 is 0 Å². The molecule has 0 spiro atoms. The second-order valence-electron chi connectivity index (χ2n) is 5.30. The molecule has 0 aliphatic carbocycles. The first-order valence-corrected chi connectivity index (χ1v) is 6.91. The molecule has 1 aromatic heterocycles. The summed E-state index contributed by atoms with van der Waals surface area (Å²) in [5.41, 5.74) is -0.951. The zero-order valence-electron chi connectivity index (χ0n) is 11.6. The van der Waals surface area contributed by atoms with Gasteiger partial charge in [0.2, 0.25) is 5.43 Å². The van der Waals surface area contributed by atoms with Crippen LogP contribution in [0.25, 0.3) is 32.7 Å². The molecular formula is C18H9F3O2. The third-order valence-corrected chi connectivity index (χ3v) is 3.89. The Labute approximate surface area is 127 Å². The van der Waals surface area contributed by atoms with Gasteiger partial charge in [-0.15, -0.1) is 0 Å². The maximum absolute atomic E-state index is 12.8. The van der Waals surface area contributed by atoms with Crippen molar-refractivity contribution in [2.45, 2.75) is 6.18 Å². The fourth-order valence-electron chi connectivity index (χ4n) is 2.79. The topological polar surface area (TPSA) is 30.2 Å². The van der Waals surface area contributed by atoms with Crippen LogP contribution in [0.2, 0.25) is 0 Å². The zero-order chi connectivity index (χ0) is 16.2. The van der Waals surface area contributed by atoms with E-state index in [1.54, 1.807) is 24.3 Å². The molecule has 0 aliphatic rings. The number of benzene rings is 3. The van der Waals surface area contributed by atoms with E-state index in [2.05, 4.69) is 0 Å². The summed E-state index contributed by atoms with van der Waals surface area (Å²) in [6, 6.07) is 13.6. The summed E-state index contributed by atoms with van der Waals surface area (Å²) in [6.45, 7) is 0. The van der Waals surface area contributed by atoms with Gasteiger partial charge < -0.3 is 4.42 Å². The second kappa shape index (κ2) is 4.59. The summed E-state index contributed by atoms with van der Waals surface area (Å²) in [6.07, 6.45) is -4.48. The normalized spacial score (nSPS) is 12.3. The molecule has 0 atom stereocenters. The summed E-state index contributed by atoms with van der Waals surface area (Å²) in [5.74, 6) is 0. The Morgan fingerprint density at radius 3 is 2.39 bits per heavy atom. The number of alkyl halides is 3. The number of rotatable bonds is 0. The minimum Gasteiger partial charge on any atom is -0.456 e. The van der Waals surface area contributed by atoms with Crippen LogP contribution in [0.15, 0.2) is 63.8 Å². The Morgan fingerprint density at radius 2 is 1.61 bits per heavy atom. The van der Waals surface area contributed by atoms with Gasteiger partial charge in [-0.2, -0.15) is 13.2 Å². The summed E-state index contributed by atoms with van der Waals surface area (Å²) in [5, 5.41) is 2.12. The average molecular weight is 314 g/mol. The lowest BCUT2D eigenvalue weighted by atomic mass is 10.0. The standard InChI is InChI=1S/C18H9F3O2/c19-18(20,21)11-6-7-13-15(9-11)23-14-8-5-10-3-1-2-4-12(10)16(14)17(13)22/h1-9H. The first-order valence-electron chi connectivity index (χ1n) is 6.91. The van der Waals surface area contributed by atoms with Gasteiger partial charge in [0.1, 0.15) is 11.2 Å². The molecule has 0 aliphatic heterocycles. The fraction of sp³-hybridized carbons (Fsp3) is 0.0556. The predicted molar refractivity (Wildman–Crippen MR) is 82.5 cm³/mol. The second-order valence-corrected chi connectivity index (χ2v) is 5.30. The van der Waals surface area contributed by atoms with Gasteiger partial charge in [0.25, 0.3) is 0 Å². The van der Waals surface area contributed by atoms with E-state index < -0.39 is 11.7 Å². The Kier molecular flexibility index (Phi) is 2.75. The van der Waals surface area contributed by atoms with Crippen LogP contribution in [0.5, 0.6) is 0 Å². The highest BCUT2D eigenvalue weighted by Gasteiger charge is 2.31. The van der Waals surface area contributed by atoms with Crippen LogP contribution in [0.3, 0.4) is 0 Å². The summed E-state index contributed by atoms with van der Waals surface area (Å²) >= 11 is 0. The molecule has 3 aromatic carbocycles. The third kappa shape index (κ3) is 2.08. The van der Waals surface area contributed by atoms with Crippen LogP contribution in [0.1, 0.15) is 5.56 Å². The molecule has 2 nitrogen and oxygen atoms in total. The van der Waals surface area contributed by atoms with Crippen LogP contribution < -0.4 is 5.43 Å². The fourth-order valence-corrected chi connectivity index (χ4v) is 2.79. The predicted octanol–water partition coefficient (Wildman–Crippen LogP) is 5.12. The molecule has 0 fully saturated rings. The molecule has 0 amide bonds. The van der Waals surface area contributed by atoms with Crippen molar-refractivity contribution in [1.82, 2.24) is 0 Å². The van der Waals surface area contributed by atoms with Gasteiger partial charge in [-0.1, -0.05) is 30.3 Å². The number of halogens is 3. The van der Waals surface area contributed by atoms with Crippen molar-refractivity contribution in [2.24, 2.45) is 0 Å². The minimum atomic E-state index is -4.48. The molecule has 0 bridgehead atoms. The maximum atomic E-state index is 12.8. The molecule has 5 heteroatoms. The first-order chi connectivity index (χ1) is 10.9. The van der Waals surface area contributed by atoms with Crippen LogP contribution in [0.4, 0.5) is 13.2 Å². The van der Waals surface area contributed by atoms with Crippen molar-refractivity contribution in [2.75, 3.05) is 0 Å². The molecule has 4 rings (SSSR count). The molecule has 23 heavy (non-hydrogen) atoms. The highest BCUT2D eigenvalue weighted by molar-refractivity contribution is 6.08. The number of fused-ring (bicyclic) bond motifs is 4. The monoisotopic (exact) mass is 314 g/mol. The quantitative estimate of drug-likeness (QED) is 0.333. The zero-order valence-corrected chi connectivity index (χ0v) is 11.6. The Balaban J connectivity index is 2.17. The van der Waals surface area contributed by atoms with E-state index in [4.69, 9.17) is 4.42 Å². The van der Waals surface area contributed by atoms with Gasteiger partial charge >= 0.3 is 6.18 Å². The Hall–Kier alpha value is -2.82. The van der Waals surface area contributed by atoms with Crippen LogP contribution in [-0.4, -0.2) is 0 Å². The summed E-state index contributed by atoms with van der Waals surface area (Å²) < 4.78 is 44.0. The molecular weight excluding hydrogens is 305 g/mol. The number of hydrogen-bond acceptors (Lipinski definition) is 2. The van der Waals surface area contributed by atoms with Gasteiger partial charge in [0, 0.05) is 0 Å². The Morgan fingerprint density at radius 1 is 0.826 bits per heavy atom. The molecule has 0 unspecified atom stereocenters. The van der Waals surface area contributed by atoms with Gasteiger partial charge in [-0.05, 0) is 35.0 Å². The average Bonchev–Trinajstić information content (AvgIpc) is 2.53. The molecule has 1 heterocycles. The molecule has 0 saturated carbocycles. The highest BCUT2D eigenvalue weighted by atomic mass is 19.4. The molecule has 0 saturated heterocycles. The van der Waals surface area contributed by atoms with E-state index in [9.17, 15) is 18.0 Å². The van der Waals surface area contributed by atoms with Crippen molar-refractivity contribution in [1.29, 1.82) is 0 Å². The summed E-state index contributed by atoms with van der Waals surface area (Å²) in [4.78, 5) is 12.7. The van der Waals surface area contributed by atoms with Crippen molar-refractivity contribution in [3.8, 4) is 0 Å². The van der Waals surface area contributed by atoms with E-state index in [0.717, 1.165) is 22.9 Å². The minimum absolute atomic E-state index is 0.0624. The lowest BCUT2D eigenvalue weighted by Gasteiger charge is -2.08. The van der Waals surface area contributed by atoms with Crippen molar-refractivity contribution in [3.63, 3.8) is 0 Å². The first kappa shape index (κ1) is 13.8. The smallest absolute Gasteiger partial charge is 0.416 e. The van der Waals surface area contributed by atoms with Crippen molar-refractivity contribution in [3.05, 3.63) is 70.4 Å². The largest absolute Gasteiger partial charge is 0.456 e. The third-order valence-electron chi connectivity index (χ3n) is 3.89. The lowest BCUT2D eigenvalue weighted by molar-refractivity contribution is -0.137. The van der Waals surface area contributed by atoms with E-state index in [1.807, 2.05) is 12.1 Å². The molecule has 0 radical (unpaired) electrons. The molecule has 114 valence electrons. The van der Waals surface area contributed by atoms with Gasteiger partial charge in [-0.25, -0.2) is 0 Å².